The fourth-order valence-corrected chi connectivity index (χ4v) is 3.27. The van der Waals surface area contributed by atoms with E-state index in [1.165, 1.54) is 16.8 Å². The largest absolute Gasteiger partial charge is 0.339 e. The van der Waals surface area contributed by atoms with Gasteiger partial charge in [0.15, 0.2) is 5.03 Å². The molecule has 1 heterocycles. The first-order chi connectivity index (χ1) is 7.39. The highest BCUT2D eigenvalue weighted by atomic mass is 35.5. The molecule has 0 saturated heterocycles. The molecule has 0 aromatic carbocycles. The first kappa shape index (κ1) is 13.5. The Hall–Kier alpha value is -0.590. The van der Waals surface area contributed by atoms with Gasteiger partial charge in [-0.25, -0.2) is 13.4 Å². The Bertz CT molecular complexity index is 441. The minimum absolute atomic E-state index is 0.0637. The lowest BCUT2D eigenvalue weighted by Gasteiger charge is -2.23. The van der Waals surface area contributed by atoms with E-state index in [1.54, 1.807) is 11.6 Å². The quantitative estimate of drug-likeness (QED) is 0.748. The van der Waals surface area contributed by atoms with Gasteiger partial charge in [0.1, 0.15) is 0 Å². The Labute approximate surface area is 101 Å². The summed E-state index contributed by atoms with van der Waals surface area (Å²) in [5, 5.41) is 0.0637. The second kappa shape index (κ2) is 5.16. The van der Waals surface area contributed by atoms with Crippen molar-refractivity contribution in [2.24, 2.45) is 7.05 Å². The van der Waals surface area contributed by atoms with E-state index in [-0.39, 0.29) is 23.5 Å². The van der Waals surface area contributed by atoms with Crippen LogP contribution in [0.3, 0.4) is 0 Å². The zero-order valence-electron chi connectivity index (χ0n) is 9.59. The smallest absolute Gasteiger partial charge is 0.262 e. The lowest BCUT2D eigenvalue weighted by molar-refractivity contribution is 0.369. The van der Waals surface area contributed by atoms with Crippen molar-refractivity contribution in [2.45, 2.75) is 24.9 Å². The first-order valence-corrected chi connectivity index (χ1v) is 6.93. The number of aromatic nitrogens is 2. The number of imidazole rings is 1. The molecule has 0 spiro atoms. The number of sulfonamides is 1. The van der Waals surface area contributed by atoms with E-state index in [0.717, 1.165) is 0 Å². The summed E-state index contributed by atoms with van der Waals surface area (Å²) >= 11 is 5.61. The van der Waals surface area contributed by atoms with Crippen LogP contribution in [0.1, 0.15) is 13.8 Å². The molecule has 0 bridgehead atoms. The lowest BCUT2D eigenvalue weighted by Crippen LogP contribution is -2.38. The van der Waals surface area contributed by atoms with Crippen molar-refractivity contribution in [3.05, 3.63) is 12.5 Å². The summed E-state index contributed by atoms with van der Waals surface area (Å²) < 4.78 is 27.3. The van der Waals surface area contributed by atoms with Gasteiger partial charge in [0, 0.05) is 31.7 Å². The molecule has 1 aromatic rings. The van der Waals surface area contributed by atoms with Gasteiger partial charge in [-0.1, -0.05) is 0 Å². The van der Waals surface area contributed by atoms with Gasteiger partial charge in [-0.15, -0.1) is 11.6 Å². The van der Waals surface area contributed by atoms with Gasteiger partial charge in [-0.3, -0.25) is 0 Å². The molecule has 0 amide bonds. The highest BCUT2D eigenvalue weighted by Crippen LogP contribution is 2.15. The predicted molar refractivity (Wildman–Crippen MR) is 63.0 cm³/mol. The zero-order valence-corrected chi connectivity index (χ0v) is 11.2. The van der Waals surface area contributed by atoms with Crippen LogP contribution in [0.5, 0.6) is 0 Å². The summed E-state index contributed by atoms with van der Waals surface area (Å²) in [5.74, 6) is 0.268. The molecule has 7 heteroatoms. The molecule has 0 saturated carbocycles. The van der Waals surface area contributed by atoms with Crippen molar-refractivity contribution in [3.8, 4) is 0 Å². The summed E-state index contributed by atoms with van der Waals surface area (Å²) in [5.41, 5.74) is 0. The number of hydrogen-bond acceptors (Lipinski definition) is 3. The van der Waals surface area contributed by atoms with Crippen LogP contribution in [0, 0.1) is 0 Å². The number of alkyl halides is 1. The van der Waals surface area contributed by atoms with E-state index in [2.05, 4.69) is 4.98 Å². The third kappa shape index (κ3) is 2.75. The zero-order chi connectivity index (χ0) is 12.3. The predicted octanol–water partition coefficient (Wildman–Crippen LogP) is 1.06. The van der Waals surface area contributed by atoms with Crippen molar-refractivity contribution in [2.75, 3.05) is 12.4 Å². The Morgan fingerprint density at radius 1 is 1.56 bits per heavy atom. The molecule has 0 N–H and O–H groups in total. The van der Waals surface area contributed by atoms with Gasteiger partial charge in [-0.05, 0) is 13.8 Å². The summed E-state index contributed by atoms with van der Waals surface area (Å²) in [4.78, 5) is 3.86. The summed E-state index contributed by atoms with van der Waals surface area (Å²) in [6.07, 6.45) is 2.95. The van der Waals surface area contributed by atoms with Crippen molar-refractivity contribution in [1.82, 2.24) is 13.9 Å². The number of nitrogens with zero attached hydrogens (tertiary/aromatic N) is 3. The second-order valence-corrected chi connectivity index (χ2v) is 5.99. The number of halogens is 1. The molecule has 1 rings (SSSR count). The monoisotopic (exact) mass is 265 g/mol. The van der Waals surface area contributed by atoms with Gasteiger partial charge in [-0.2, -0.15) is 4.31 Å². The highest BCUT2D eigenvalue weighted by Gasteiger charge is 2.28. The molecule has 16 heavy (non-hydrogen) atoms. The summed E-state index contributed by atoms with van der Waals surface area (Å²) in [7, 11) is -1.80. The molecule has 0 aliphatic rings. The van der Waals surface area contributed by atoms with Gasteiger partial charge in [0.2, 0.25) is 0 Å². The van der Waals surface area contributed by atoms with E-state index < -0.39 is 10.0 Å². The molecule has 1 aromatic heterocycles. The third-order valence-electron chi connectivity index (χ3n) is 2.14. The van der Waals surface area contributed by atoms with Crippen molar-refractivity contribution in [3.63, 3.8) is 0 Å². The van der Waals surface area contributed by atoms with E-state index in [0.29, 0.717) is 0 Å². The normalized spacial score (nSPS) is 12.6. The molecular formula is C9H16ClN3O2S. The topological polar surface area (TPSA) is 55.2 Å². The second-order valence-electron chi connectivity index (χ2n) is 3.78. The van der Waals surface area contributed by atoms with Gasteiger partial charge in [0.25, 0.3) is 10.0 Å². The third-order valence-corrected chi connectivity index (χ3v) is 4.27. The fraction of sp³-hybridized carbons (Fsp3) is 0.667. The number of rotatable bonds is 5. The first-order valence-electron chi connectivity index (χ1n) is 4.95. The molecule has 0 unspecified atom stereocenters. The Balaban J connectivity index is 3.08. The highest BCUT2D eigenvalue weighted by molar-refractivity contribution is 7.89. The SMILES string of the molecule is CC(C)N(CCCl)S(=O)(=O)c1cn(C)cn1. The average molecular weight is 266 g/mol. The van der Waals surface area contributed by atoms with E-state index >= 15 is 0 Å². The minimum Gasteiger partial charge on any atom is -0.339 e. The maximum atomic E-state index is 12.2. The van der Waals surface area contributed by atoms with Crippen LogP contribution in [0.15, 0.2) is 17.6 Å². The summed E-state index contributed by atoms with van der Waals surface area (Å²) in [6, 6.07) is -0.134. The lowest BCUT2D eigenvalue weighted by atomic mass is 10.4. The molecule has 5 nitrogen and oxygen atoms in total. The van der Waals surface area contributed by atoms with Crippen LogP contribution in [0.2, 0.25) is 0 Å². The molecule has 0 atom stereocenters. The van der Waals surface area contributed by atoms with Crippen LogP contribution in [0.4, 0.5) is 0 Å². The van der Waals surface area contributed by atoms with E-state index in [9.17, 15) is 8.42 Å². The maximum absolute atomic E-state index is 12.2. The molecule has 0 radical (unpaired) electrons. The Kier molecular flexibility index (Phi) is 4.35. The average Bonchev–Trinajstić information content (AvgIpc) is 2.61. The number of aryl methyl sites for hydroxylation is 1. The standard InChI is InChI=1S/C9H16ClN3O2S/c1-8(2)13(5-4-10)16(14,15)9-6-12(3)7-11-9/h6-8H,4-5H2,1-3H3. The summed E-state index contributed by atoms with van der Waals surface area (Å²) in [6.45, 7) is 3.91. The molecule has 92 valence electrons. The van der Waals surface area contributed by atoms with Crippen molar-refractivity contribution >= 4 is 21.6 Å². The van der Waals surface area contributed by atoms with Gasteiger partial charge in [0.05, 0.1) is 6.33 Å². The molecular weight excluding hydrogens is 250 g/mol. The molecule has 0 fully saturated rings. The van der Waals surface area contributed by atoms with Crippen LogP contribution in [0.25, 0.3) is 0 Å². The van der Waals surface area contributed by atoms with Crippen LogP contribution in [-0.2, 0) is 17.1 Å². The Morgan fingerprint density at radius 2 is 2.19 bits per heavy atom. The van der Waals surface area contributed by atoms with Crippen LogP contribution >= 0.6 is 11.6 Å². The van der Waals surface area contributed by atoms with Crippen molar-refractivity contribution < 1.29 is 8.42 Å². The van der Waals surface area contributed by atoms with Gasteiger partial charge < -0.3 is 4.57 Å². The molecule has 0 aliphatic heterocycles. The fourth-order valence-electron chi connectivity index (χ4n) is 1.38. The van der Waals surface area contributed by atoms with Crippen LogP contribution in [-0.4, -0.2) is 40.7 Å². The van der Waals surface area contributed by atoms with Crippen molar-refractivity contribution in [1.29, 1.82) is 0 Å². The van der Waals surface area contributed by atoms with E-state index in [4.69, 9.17) is 11.6 Å². The van der Waals surface area contributed by atoms with E-state index in [1.807, 2.05) is 13.8 Å². The van der Waals surface area contributed by atoms with Crippen LogP contribution < -0.4 is 0 Å². The minimum atomic E-state index is -3.52. The van der Waals surface area contributed by atoms with Gasteiger partial charge >= 0.3 is 0 Å². The molecule has 0 aliphatic carbocycles. The Morgan fingerprint density at radius 3 is 2.56 bits per heavy atom. The maximum Gasteiger partial charge on any atom is 0.262 e. The number of hydrogen-bond donors (Lipinski definition) is 0.